The number of hydrogen-bond acceptors (Lipinski definition) is 3. The van der Waals surface area contributed by atoms with Crippen molar-refractivity contribution in [3.63, 3.8) is 0 Å². The molecular formula is C12H14N2S. The predicted molar refractivity (Wildman–Crippen MR) is 65.3 cm³/mol. The molecule has 0 spiro atoms. The van der Waals surface area contributed by atoms with Gasteiger partial charge in [0.25, 0.3) is 0 Å². The third-order valence-electron chi connectivity index (χ3n) is 2.18. The molecule has 0 fully saturated rings. The number of nitrogens with one attached hydrogen (secondary N) is 1. The Labute approximate surface area is 94.0 Å². The number of thiophene rings is 1. The quantitative estimate of drug-likeness (QED) is 0.852. The van der Waals surface area contributed by atoms with Crippen LogP contribution >= 0.6 is 11.3 Å². The molecule has 2 aromatic heterocycles. The molecule has 2 rings (SSSR count). The number of rotatable bonds is 4. The number of hydrogen-bond donors (Lipinski definition) is 1. The summed E-state index contributed by atoms with van der Waals surface area (Å²) in [4.78, 5) is 5.41. The first-order chi connectivity index (χ1) is 7.34. The Kier molecular flexibility index (Phi) is 3.35. The molecular weight excluding hydrogens is 204 g/mol. The van der Waals surface area contributed by atoms with Gasteiger partial charge in [-0.15, -0.1) is 11.3 Å². The molecule has 0 bridgehead atoms. The van der Waals surface area contributed by atoms with Gasteiger partial charge in [-0.25, -0.2) is 0 Å². The van der Waals surface area contributed by atoms with E-state index in [-0.39, 0.29) is 0 Å². The minimum absolute atomic E-state index is 0.450. The lowest BCUT2D eigenvalue weighted by molar-refractivity contribution is 0.800. The molecule has 1 N–H and O–H groups in total. The summed E-state index contributed by atoms with van der Waals surface area (Å²) >= 11 is 1.81. The third-order valence-corrected chi connectivity index (χ3v) is 3.08. The minimum Gasteiger partial charge on any atom is -0.382 e. The number of nitrogens with zero attached hydrogens (tertiary/aromatic N) is 1. The zero-order chi connectivity index (χ0) is 10.5. The van der Waals surface area contributed by atoms with Gasteiger partial charge in [-0.1, -0.05) is 6.07 Å². The van der Waals surface area contributed by atoms with Crippen LogP contribution in [-0.4, -0.2) is 11.0 Å². The predicted octanol–water partition coefficient (Wildman–Crippen LogP) is 3.19. The maximum Gasteiger partial charge on any atom is 0.0373 e. The molecule has 15 heavy (non-hydrogen) atoms. The van der Waals surface area contributed by atoms with Crippen LogP contribution in [0.1, 0.15) is 11.8 Å². The van der Waals surface area contributed by atoms with Gasteiger partial charge in [0, 0.05) is 35.4 Å². The van der Waals surface area contributed by atoms with Crippen LogP contribution in [0.5, 0.6) is 0 Å². The van der Waals surface area contributed by atoms with Crippen molar-refractivity contribution in [2.24, 2.45) is 0 Å². The van der Waals surface area contributed by atoms with E-state index in [0.29, 0.717) is 6.04 Å². The molecule has 0 saturated carbocycles. The van der Waals surface area contributed by atoms with Crippen LogP contribution < -0.4 is 5.32 Å². The largest absolute Gasteiger partial charge is 0.382 e. The van der Waals surface area contributed by atoms with Gasteiger partial charge >= 0.3 is 0 Å². The van der Waals surface area contributed by atoms with Crippen molar-refractivity contribution in [2.75, 3.05) is 5.32 Å². The van der Waals surface area contributed by atoms with Crippen LogP contribution in [0.25, 0.3) is 0 Å². The minimum atomic E-state index is 0.450. The van der Waals surface area contributed by atoms with Gasteiger partial charge in [-0.3, -0.25) is 4.98 Å². The van der Waals surface area contributed by atoms with Crippen LogP contribution in [0.4, 0.5) is 5.69 Å². The van der Waals surface area contributed by atoms with Gasteiger partial charge in [0.15, 0.2) is 0 Å². The van der Waals surface area contributed by atoms with Crippen molar-refractivity contribution in [1.29, 1.82) is 0 Å². The Morgan fingerprint density at radius 2 is 2.13 bits per heavy atom. The Hall–Kier alpha value is -1.35. The SMILES string of the molecule is CC(Cc1cccs1)Nc1ccncc1. The maximum atomic E-state index is 3.99. The van der Waals surface area contributed by atoms with Crippen LogP contribution in [0.2, 0.25) is 0 Å². The highest BCUT2D eigenvalue weighted by Crippen LogP contribution is 2.13. The van der Waals surface area contributed by atoms with E-state index in [1.165, 1.54) is 4.88 Å². The Balaban J connectivity index is 1.90. The van der Waals surface area contributed by atoms with E-state index in [1.54, 1.807) is 12.4 Å². The van der Waals surface area contributed by atoms with Crippen molar-refractivity contribution >= 4 is 17.0 Å². The first-order valence-electron chi connectivity index (χ1n) is 5.03. The van der Waals surface area contributed by atoms with Gasteiger partial charge in [-0.2, -0.15) is 0 Å². The maximum absolute atomic E-state index is 3.99. The fourth-order valence-corrected chi connectivity index (χ4v) is 2.35. The second kappa shape index (κ2) is 4.94. The van der Waals surface area contributed by atoms with E-state index in [4.69, 9.17) is 0 Å². The highest BCUT2D eigenvalue weighted by atomic mass is 32.1. The van der Waals surface area contributed by atoms with Crippen LogP contribution in [0.3, 0.4) is 0 Å². The number of pyridine rings is 1. The fourth-order valence-electron chi connectivity index (χ4n) is 1.51. The van der Waals surface area contributed by atoms with Crippen LogP contribution in [0.15, 0.2) is 42.0 Å². The van der Waals surface area contributed by atoms with E-state index in [9.17, 15) is 0 Å². The first-order valence-corrected chi connectivity index (χ1v) is 5.91. The molecule has 0 saturated heterocycles. The van der Waals surface area contributed by atoms with Crippen molar-refractivity contribution < 1.29 is 0 Å². The molecule has 3 heteroatoms. The van der Waals surface area contributed by atoms with Crippen molar-refractivity contribution in [3.8, 4) is 0 Å². The highest BCUT2D eigenvalue weighted by Gasteiger charge is 2.03. The lowest BCUT2D eigenvalue weighted by Crippen LogP contribution is -2.17. The lowest BCUT2D eigenvalue weighted by atomic mass is 10.2. The average Bonchev–Trinajstić information content (AvgIpc) is 2.71. The molecule has 2 aromatic rings. The van der Waals surface area contributed by atoms with E-state index in [1.807, 2.05) is 23.5 Å². The third kappa shape index (κ3) is 3.06. The van der Waals surface area contributed by atoms with Gasteiger partial charge in [0.05, 0.1) is 0 Å². The molecule has 1 unspecified atom stereocenters. The first kappa shape index (κ1) is 10.2. The zero-order valence-corrected chi connectivity index (χ0v) is 9.50. The number of anilines is 1. The van der Waals surface area contributed by atoms with E-state index >= 15 is 0 Å². The molecule has 0 aromatic carbocycles. The number of aromatic nitrogens is 1. The molecule has 2 heterocycles. The summed E-state index contributed by atoms with van der Waals surface area (Å²) < 4.78 is 0. The van der Waals surface area contributed by atoms with Crippen molar-refractivity contribution in [3.05, 3.63) is 46.9 Å². The van der Waals surface area contributed by atoms with E-state index in [2.05, 4.69) is 34.7 Å². The summed E-state index contributed by atoms with van der Waals surface area (Å²) in [5.41, 5.74) is 1.13. The molecule has 0 radical (unpaired) electrons. The molecule has 1 atom stereocenters. The Morgan fingerprint density at radius 1 is 1.33 bits per heavy atom. The summed E-state index contributed by atoms with van der Waals surface area (Å²) in [5.74, 6) is 0. The second-order valence-electron chi connectivity index (χ2n) is 3.56. The summed E-state index contributed by atoms with van der Waals surface area (Å²) in [6.07, 6.45) is 4.68. The topological polar surface area (TPSA) is 24.9 Å². The highest BCUT2D eigenvalue weighted by molar-refractivity contribution is 7.09. The van der Waals surface area contributed by atoms with Crippen LogP contribution in [0, 0.1) is 0 Å². The van der Waals surface area contributed by atoms with E-state index < -0.39 is 0 Å². The average molecular weight is 218 g/mol. The molecule has 0 amide bonds. The molecule has 2 nitrogen and oxygen atoms in total. The van der Waals surface area contributed by atoms with Crippen molar-refractivity contribution in [1.82, 2.24) is 4.98 Å². The van der Waals surface area contributed by atoms with E-state index in [0.717, 1.165) is 12.1 Å². The van der Waals surface area contributed by atoms with Gasteiger partial charge < -0.3 is 5.32 Å². The summed E-state index contributed by atoms with van der Waals surface area (Å²) in [5, 5.41) is 5.57. The standard InChI is InChI=1S/C12H14N2S/c1-10(9-12-3-2-8-15-12)14-11-4-6-13-7-5-11/h2-8,10H,9H2,1H3,(H,13,14). The summed E-state index contributed by atoms with van der Waals surface area (Å²) in [7, 11) is 0. The normalized spacial score (nSPS) is 12.3. The Bertz CT molecular complexity index is 383. The van der Waals surface area contributed by atoms with Gasteiger partial charge in [0.2, 0.25) is 0 Å². The lowest BCUT2D eigenvalue weighted by Gasteiger charge is -2.13. The summed E-state index contributed by atoms with van der Waals surface area (Å²) in [6.45, 7) is 2.19. The fraction of sp³-hybridized carbons (Fsp3) is 0.250. The molecule has 0 aliphatic carbocycles. The smallest absolute Gasteiger partial charge is 0.0373 e. The van der Waals surface area contributed by atoms with Gasteiger partial charge in [0.1, 0.15) is 0 Å². The molecule has 0 aliphatic heterocycles. The van der Waals surface area contributed by atoms with Crippen molar-refractivity contribution in [2.45, 2.75) is 19.4 Å². The zero-order valence-electron chi connectivity index (χ0n) is 8.68. The molecule has 78 valence electrons. The summed E-state index contributed by atoms with van der Waals surface area (Å²) in [6, 6.07) is 8.70. The van der Waals surface area contributed by atoms with Gasteiger partial charge in [-0.05, 0) is 30.5 Å². The van der Waals surface area contributed by atoms with Crippen LogP contribution in [-0.2, 0) is 6.42 Å². The Morgan fingerprint density at radius 3 is 2.80 bits per heavy atom. The molecule has 0 aliphatic rings. The monoisotopic (exact) mass is 218 g/mol. The second-order valence-corrected chi connectivity index (χ2v) is 4.60.